The van der Waals surface area contributed by atoms with Crippen LogP contribution in [0.1, 0.15) is 108 Å². The van der Waals surface area contributed by atoms with Gasteiger partial charge in [-0.05, 0) is 121 Å². The molecule has 11 heteroatoms. The van der Waals surface area contributed by atoms with Crippen molar-refractivity contribution in [3.63, 3.8) is 0 Å². The lowest BCUT2D eigenvalue weighted by atomic mass is 9.43. The Balaban J connectivity index is 1.13. The standard InChI is InChI=1S/C40H55BN2O8/c1-24-25(18-19-41-50-31-21-27-20-30(39(27,8)9)40(31,10)51-41)16-17-29(32(24)35(45)48-37(2,3)4)47-28-22-43(23-28)34(44)33(26-14-12-11-13-15-26)42-36(46)49-38(5,6)7/h11-17,27-28,30-31,33H,18-23H2,1-10H3,(H,42,46)/t27-,30-,31+,33+,40-/m0/s1. The fourth-order valence-corrected chi connectivity index (χ4v) is 8.44. The van der Waals surface area contributed by atoms with Crippen LogP contribution in [0.2, 0.25) is 6.32 Å². The van der Waals surface area contributed by atoms with Crippen molar-refractivity contribution >= 4 is 25.1 Å². The number of hydrogen-bond acceptors (Lipinski definition) is 8. The predicted octanol–water partition coefficient (Wildman–Crippen LogP) is 7.08. The third-order valence-electron chi connectivity index (χ3n) is 11.3. The predicted molar refractivity (Wildman–Crippen MR) is 195 cm³/mol. The van der Waals surface area contributed by atoms with Gasteiger partial charge >= 0.3 is 19.2 Å². The zero-order chi connectivity index (χ0) is 37.1. The second kappa shape index (κ2) is 13.4. The number of rotatable bonds is 9. The summed E-state index contributed by atoms with van der Waals surface area (Å²) in [7, 11) is -0.293. The second-order valence-electron chi connectivity index (χ2n) is 17.6. The van der Waals surface area contributed by atoms with Crippen LogP contribution in [0.25, 0.3) is 0 Å². The number of likely N-dealkylation sites (tertiary alicyclic amines) is 1. The Morgan fingerprint density at radius 2 is 1.63 bits per heavy atom. The molecule has 51 heavy (non-hydrogen) atoms. The smallest absolute Gasteiger partial charge is 0.457 e. The number of nitrogens with zero attached hydrogens (tertiary/aromatic N) is 1. The third-order valence-corrected chi connectivity index (χ3v) is 11.3. The van der Waals surface area contributed by atoms with Crippen LogP contribution in [0.5, 0.6) is 5.75 Å². The van der Waals surface area contributed by atoms with Crippen molar-refractivity contribution < 1.29 is 37.9 Å². The molecule has 2 aromatic rings. The minimum absolute atomic E-state index is 0.124. The molecule has 2 aliphatic heterocycles. The largest absolute Gasteiger partial charge is 0.486 e. The first kappa shape index (κ1) is 37.2. The monoisotopic (exact) mass is 702 g/mol. The number of carbonyl (C=O) groups excluding carboxylic acids is 3. The van der Waals surface area contributed by atoms with Gasteiger partial charge in [0, 0.05) is 0 Å². The van der Waals surface area contributed by atoms with Crippen LogP contribution in [0.15, 0.2) is 42.5 Å². The zero-order valence-corrected chi connectivity index (χ0v) is 32.0. The van der Waals surface area contributed by atoms with Crippen LogP contribution in [-0.2, 0) is 30.0 Å². The molecule has 2 bridgehead atoms. The van der Waals surface area contributed by atoms with Crippen LogP contribution in [0, 0.1) is 24.2 Å². The highest BCUT2D eigenvalue weighted by molar-refractivity contribution is 6.45. The van der Waals surface area contributed by atoms with Crippen molar-refractivity contribution in [2.24, 2.45) is 17.3 Å². The number of aryl methyl sites for hydroxylation is 1. The minimum atomic E-state index is -0.919. The topological polar surface area (TPSA) is 113 Å². The van der Waals surface area contributed by atoms with Crippen molar-refractivity contribution in [3.05, 3.63) is 64.7 Å². The molecular weight excluding hydrogens is 647 g/mol. The molecule has 5 aliphatic rings. The quantitative estimate of drug-likeness (QED) is 0.218. The maximum absolute atomic E-state index is 13.7. The summed E-state index contributed by atoms with van der Waals surface area (Å²) < 4.78 is 30.8. The van der Waals surface area contributed by atoms with Crippen molar-refractivity contribution in [1.82, 2.24) is 10.2 Å². The summed E-state index contributed by atoms with van der Waals surface area (Å²) in [6.07, 6.45) is 2.70. The number of carbonyl (C=O) groups is 3. The Labute approximate surface area is 303 Å². The maximum atomic E-state index is 13.7. The van der Waals surface area contributed by atoms with Gasteiger partial charge in [0.15, 0.2) is 0 Å². The summed E-state index contributed by atoms with van der Waals surface area (Å²) in [5, 5.41) is 2.75. The molecule has 5 atom stereocenters. The van der Waals surface area contributed by atoms with Gasteiger partial charge in [-0.25, -0.2) is 9.59 Å². The summed E-state index contributed by atoms with van der Waals surface area (Å²) in [6, 6.07) is 12.0. The fraction of sp³-hybridized carbons (Fsp3) is 0.625. The van der Waals surface area contributed by atoms with Crippen molar-refractivity contribution in [2.75, 3.05) is 13.1 Å². The van der Waals surface area contributed by atoms with Gasteiger partial charge in [0.1, 0.15) is 34.7 Å². The molecule has 10 nitrogen and oxygen atoms in total. The SMILES string of the molecule is Cc1c(CCB2O[C@@H]3C[C@@H]4C[C@@H](C4(C)C)[C@]3(C)O2)ccc(OC2CN(C(=O)[C@H](NC(=O)OC(C)(C)C)c3ccccc3)C2)c1C(=O)OC(C)(C)C. The van der Waals surface area contributed by atoms with E-state index >= 15 is 0 Å². The van der Waals surface area contributed by atoms with Crippen molar-refractivity contribution in [3.8, 4) is 5.75 Å². The van der Waals surface area contributed by atoms with E-state index in [4.69, 9.17) is 23.5 Å². The number of benzene rings is 2. The van der Waals surface area contributed by atoms with Crippen molar-refractivity contribution in [1.29, 1.82) is 0 Å². The molecule has 5 fully saturated rings. The van der Waals surface area contributed by atoms with E-state index in [9.17, 15) is 14.4 Å². The molecule has 3 aliphatic carbocycles. The molecule has 2 saturated heterocycles. The van der Waals surface area contributed by atoms with Crippen LogP contribution in [0.3, 0.4) is 0 Å². The summed E-state index contributed by atoms with van der Waals surface area (Å²) in [4.78, 5) is 41.7. The highest BCUT2D eigenvalue weighted by Gasteiger charge is 2.67. The summed E-state index contributed by atoms with van der Waals surface area (Å²) >= 11 is 0. The highest BCUT2D eigenvalue weighted by Crippen LogP contribution is 2.65. The molecule has 2 amide bonds. The van der Waals surface area contributed by atoms with Gasteiger partial charge in [0.2, 0.25) is 5.91 Å². The van der Waals surface area contributed by atoms with E-state index in [0.717, 1.165) is 17.5 Å². The molecular formula is C40H55BN2O8. The average Bonchev–Trinajstić information content (AvgIpc) is 3.35. The Bertz CT molecular complexity index is 1640. The highest BCUT2D eigenvalue weighted by atomic mass is 16.7. The van der Waals surface area contributed by atoms with E-state index in [1.165, 1.54) is 6.42 Å². The Morgan fingerprint density at radius 1 is 0.961 bits per heavy atom. The first-order valence-electron chi connectivity index (χ1n) is 18.4. The molecule has 0 radical (unpaired) electrons. The molecule has 0 spiro atoms. The molecule has 276 valence electrons. The number of alkyl carbamates (subject to hydrolysis) is 1. The Kier molecular flexibility index (Phi) is 9.81. The van der Waals surface area contributed by atoms with Crippen LogP contribution >= 0.6 is 0 Å². The number of hydrogen-bond donors (Lipinski definition) is 1. The molecule has 1 N–H and O–H groups in total. The van der Waals surface area contributed by atoms with Gasteiger partial charge in [0.25, 0.3) is 0 Å². The lowest BCUT2D eigenvalue weighted by Crippen LogP contribution is -2.65. The van der Waals surface area contributed by atoms with Gasteiger partial charge in [-0.1, -0.05) is 50.2 Å². The third kappa shape index (κ3) is 7.66. The van der Waals surface area contributed by atoms with E-state index in [1.54, 1.807) is 37.8 Å². The number of amides is 2. The summed E-state index contributed by atoms with van der Waals surface area (Å²) in [5.74, 6) is 0.886. The van der Waals surface area contributed by atoms with Crippen LogP contribution < -0.4 is 10.1 Å². The van der Waals surface area contributed by atoms with Crippen LogP contribution in [0.4, 0.5) is 4.79 Å². The molecule has 2 aromatic carbocycles. The molecule has 0 unspecified atom stereocenters. The molecule has 2 heterocycles. The van der Waals surface area contributed by atoms with Crippen LogP contribution in [-0.4, -0.2) is 72.1 Å². The lowest BCUT2D eigenvalue weighted by Gasteiger charge is -2.64. The van der Waals surface area contributed by atoms with Gasteiger partial charge in [-0.2, -0.15) is 0 Å². The van der Waals surface area contributed by atoms with Gasteiger partial charge < -0.3 is 33.7 Å². The maximum Gasteiger partial charge on any atom is 0.457 e. The second-order valence-corrected chi connectivity index (χ2v) is 17.6. The van der Waals surface area contributed by atoms with Gasteiger partial charge in [-0.15, -0.1) is 0 Å². The van der Waals surface area contributed by atoms with E-state index < -0.39 is 29.3 Å². The summed E-state index contributed by atoms with van der Waals surface area (Å²) in [6.45, 7) is 20.3. The number of ether oxygens (including phenoxy) is 3. The van der Waals surface area contributed by atoms with E-state index in [1.807, 2.05) is 58.0 Å². The zero-order valence-electron chi connectivity index (χ0n) is 32.0. The van der Waals surface area contributed by atoms with Gasteiger partial charge in [-0.3, -0.25) is 4.79 Å². The van der Waals surface area contributed by atoms with E-state index in [0.29, 0.717) is 54.5 Å². The summed E-state index contributed by atoms with van der Waals surface area (Å²) in [5.41, 5.74) is 1.45. The molecule has 7 rings (SSSR count). The average molecular weight is 703 g/mol. The lowest BCUT2D eigenvalue weighted by molar-refractivity contribution is -0.199. The molecule has 3 saturated carbocycles. The normalized spacial score (nSPS) is 26.0. The number of esters is 1. The number of nitrogens with one attached hydrogen (secondary N) is 1. The minimum Gasteiger partial charge on any atom is -0.486 e. The first-order chi connectivity index (χ1) is 23.7. The molecule has 0 aromatic heterocycles. The van der Waals surface area contributed by atoms with Gasteiger partial charge in [0.05, 0.1) is 24.8 Å². The Morgan fingerprint density at radius 3 is 2.25 bits per heavy atom. The Hall–Kier alpha value is -3.57. The van der Waals surface area contributed by atoms with E-state index in [-0.39, 0.29) is 36.2 Å². The van der Waals surface area contributed by atoms with E-state index in [2.05, 4.69) is 26.1 Å². The fourth-order valence-electron chi connectivity index (χ4n) is 8.44. The first-order valence-corrected chi connectivity index (χ1v) is 18.4. The van der Waals surface area contributed by atoms with Crippen molar-refractivity contribution in [2.45, 2.75) is 130 Å².